The summed E-state index contributed by atoms with van der Waals surface area (Å²) in [6, 6.07) is 4.92. The Labute approximate surface area is 79.0 Å². The van der Waals surface area contributed by atoms with Crippen LogP contribution in [-0.4, -0.2) is 6.54 Å². The van der Waals surface area contributed by atoms with Gasteiger partial charge in [-0.1, -0.05) is 13.0 Å². The van der Waals surface area contributed by atoms with Crippen molar-refractivity contribution in [3.8, 4) is 0 Å². The summed E-state index contributed by atoms with van der Waals surface area (Å²) in [4.78, 5) is 0. The van der Waals surface area contributed by atoms with Gasteiger partial charge in [-0.05, 0) is 43.1 Å². The van der Waals surface area contributed by atoms with E-state index in [0.717, 1.165) is 25.1 Å². The van der Waals surface area contributed by atoms with Crippen molar-refractivity contribution in [2.45, 2.75) is 26.8 Å². The number of hydrogen-bond acceptors (Lipinski definition) is 1. The number of halogens is 1. The smallest absolute Gasteiger partial charge is 0.123 e. The Morgan fingerprint density at radius 3 is 2.77 bits per heavy atom. The lowest BCUT2D eigenvalue weighted by Gasteiger charge is -2.06. The SMILES string of the molecule is CCCNCc1ccc(F)cc1C. The van der Waals surface area contributed by atoms with Crippen molar-refractivity contribution in [1.82, 2.24) is 5.32 Å². The van der Waals surface area contributed by atoms with E-state index >= 15 is 0 Å². The van der Waals surface area contributed by atoms with Crippen molar-refractivity contribution in [3.63, 3.8) is 0 Å². The number of nitrogens with one attached hydrogen (secondary N) is 1. The van der Waals surface area contributed by atoms with Crippen LogP contribution in [0.3, 0.4) is 0 Å². The minimum atomic E-state index is -0.156. The van der Waals surface area contributed by atoms with Crippen molar-refractivity contribution in [2.75, 3.05) is 6.54 Å². The van der Waals surface area contributed by atoms with E-state index in [1.165, 1.54) is 11.6 Å². The van der Waals surface area contributed by atoms with Crippen LogP contribution in [-0.2, 0) is 6.54 Å². The zero-order valence-electron chi connectivity index (χ0n) is 8.23. The number of benzene rings is 1. The Bertz CT molecular complexity index is 271. The fourth-order valence-electron chi connectivity index (χ4n) is 1.26. The molecule has 0 aliphatic heterocycles. The maximum atomic E-state index is 12.7. The molecule has 1 aromatic rings. The van der Waals surface area contributed by atoms with E-state index in [1.807, 2.05) is 13.0 Å². The highest BCUT2D eigenvalue weighted by atomic mass is 19.1. The second kappa shape index (κ2) is 4.97. The van der Waals surface area contributed by atoms with Gasteiger partial charge in [0.05, 0.1) is 0 Å². The summed E-state index contributed by atoms with van der Waals surface area (Å²) >= 11 is 0. The third kappa shape index (κ3) is 3.15. The van der Waals surface area contributed by atoms with Gasteiger partial charge in [-0.2, -0.15) is 0 Å². The molecule has 0 unspecified atom stereocenters. The summed E-state index contributed by atoms with van der Waals surface area (Å²) in [7, 11) is 0. The molecule has 0 radical (unpaired) electrons. The van der Waals surface area contributed by atoms with Gasteiger partial charge >= 0.3 is 0 Å². The van der Waals surface area contributed by atoms with Gasteiger partial charge in [0.15, 0.2) is 0 Å². The number of hydrogen-bond donors (Lipinski definition) is 1. The van der Waals surface area contributed by atoms with E-state index < -0.39 is 0 Å². The lowest BCUT2D eigenvalue weighted by atomic mass is 10.1. The first-order valence-corrected chi connectivity index (χ1v) is 4.69. The molecule has 13 heavy (non-hydrogen) atoms. The van der Waals surface area contributed by atoms with Crippen LogP contribution in [0, 0.1) is 12.7 Å². The standard InChI is InChI=1S/C11H16FN/c1-3-6-13-8-10-4-5-11(12)7-9(10)2/h4-5,7,13H,3,6,8H2,1-2H3. The van der Waals surface area contributed by atoms with Crippen molar-refractivity contribution in [2.24, 2.45) is 0 Å². The van der Waals surface area contributed by atoms with Crippen LogP contribution in [0.25, 0.3) is 0 Å². The first kappa shape index (κ1) is 10.2. The summed E-state index contributed by atoms with van der Waals surface area (Å²) in [5, 5.41) is 3.29. The van der Waals surface area contributed by atoms with E-state index in [9.17, 15) is 4.39 Å². The summed E-state index contributed by atoms with van der Waals surface area (Å²) in [6.07, 6.45) is 1.13. The van der Waals surface area contributed by atoms with E-state index in [-0.39, 0.29) is 5.82 Å². The van der Waals surface area contributed by atoms with Gasteiger partial charge in [0.1, 0.15) is 5.82 Å². The molecule has 0 heterocycles. The van der Waals surface area contributed by atoms with E-state index in [2.05, 4.69) is 12.2 Å². The Morgan fingerprint density at radius 2 is 2.15 bits per heavy atom. The molecule has 1 rings (SSSR count). The van der Waals surface area contributed by atoms with Crippen LogP contribution >= 0.6 is 0 Å². The van der Waals surface area contributed by atoms with Gasteiger partial charge < -0.3 is 5.32 Å². The summed E-state index contributed by atoms with van der Waals surface area (Å²) in [5.41, 5.74) is 2.19. The maximum absolute atomic E-state index is 12.7. The molecule has 0 amide bonds. The van der Waals surface area contributed by atoms with Crippen molar-refractivity contribution in [3.05, 3.63) is 35.1 Å². The van der Waals surface area contributed by atoms with Gasteiger partial charge in [-0.25, -0.2) is 4.39 Å². The van der Waals surface area contributed by atoms with E-state index in [1.54, 1.807) is 6.07 Å². The Hall–Kier alpha value is -0.890. The summed E-state index contributed by atoms with van der Waals surface area (Å²) < 4.78 is 12.7. The minimum Gasteiger partial charge on any atom is -0.313 e. The maximum Gasteiger partial charge on any atom is 0.123 e. The second-order valence-corrected chi connectivity index (χ2v) is 3.25. The van der Waals surface area contributed by atoms with Gasteiger partial charge in [0, 0.05) is 6.54 Å². The molecule has 0 atom stereocenters. The summed E-state index contributed by atoms with van der Waals surface area (Å²) in [6.45, 7) is 5.91. The van der Waals surface area contributed by atoms with Crippen molar-refractivity contribution in [1.29, 1.82) is 0 Å². The topological polar surface area (TPSA) is 12.0 Å². The van der Waals surface area contributed by atoms with Gasteiger partial charge in [0.25, 0.3) is 0 Å². The second-order valence-electron chi connectivity index (χ2n) is 3.25. The molecular weight excluding hydrogens is 165 g/mol. The predicted octanol–water partition coefficient (Wildman–Crippen LogP) is 2.63. The third-order valence-corrected chi connectivity index (χ3v) is 2.05. The molecule has 0 saturated heterocycles. The first-order chi connectivity index (χ1) is 6.24. The summed E-state index contributed by atoms with van der Waals surface area (Å²) in [5.74, 6) is -0.156. The van der Waals surface area contributed by atoms with Crippen molar-refractivity contribution >= 4 is 0 Å². The monoisotopic (exact) mass is 181 g/mol. The number of rotatable bonds is 4. The zero-order chi connectivity index (χ0) is 9.68. The van der Waals surface area contributed by atoms with Crippen LogP contribution in [0.2, 0.25) is 0 Å². The molecule has 0 bridgehead atoms. The molecule has 0 fully saturated rings. The highest BCUT2D eigenvalue weighted by Gasteiger charge is 1.98. The average Bonchev–Trinajstić information content (AvgIpc) is 2.09. The third-order valence-electron chi connectivity index (χ3n) is 2.05. The molecule has 0 aliphatic carbocycles. The van der Waals surface area contributed by atoms with Crippen LogP contribution in [0.1, 0.15) is 24.5 Å². The fourth-order valence-corrected chi connectivity index (χ4v) is 1.26. The van der Waals surface area contributed by atoms with Crippen LogP contribution in [0.15, 0.2) is 18.2 Å². The van der Waals surface area contributed by atoms with E-state index in [4.69, 9.17) is 0 Å². The first-order valence-electron chi connectivity index (χ1n) is 4.69. The Kier molecular flexibility index (Phi) is 3.90. The van der Waals surface area contributed by atoms with Crippen LogP contribution < -0.4 is 5.32 Å². The largest absolute Gasteiger partial charge is 0.313 e. The normalized spacial score (nSPS) is 10.4. The Balaban J connectivity index is 2.56. The lowest BCUT2D eigenvalue weighted by Crippen LogP contribution is -2.14. The van der Waals surface area contributed by atoms with Crippen molar-refractivity contribution < 1.29 is 4.39 Å². The number of aryl methyl sites for hydroxylation is 1. The molecule has 0 aliphatic rings. The molecule has 1 N–H and O–H groups in total. The average molecular weight is 181 g/mol. The van der Waals surface area contributed by atoms with Gasteiger partial charge in [-0.15, -0.1) is 0 Å². The van der Waals surface area contributed by atoms with Gasteiger partial charge in [-0.3, -0.25) is 0 Å². The molecule has 2 heteroatoms. The minimum absolute atomic E-state index is 0.156. The Morgan fingerprint density at radius 1 is 1.38 bits per heavy atom. The lowest BCUT2D eigenvalue weighted by molar-refractivity contribution is 0.622. The fraction of sp³-hybridized carbons (Fsp3) is 0.455. The van der Waals surface area contributed by atoms with Gasteiger partial charge in [0.2, 0.25) is 0 Å². The van der Waals surface area contributed by atoms with E-state index in [0.29, 0.717) is 0 Å². The molecule has 0 aromatic heterocycles. The molecule has 0 spiro atoms. The quantitative estimate of drug-likeness (QED) is 0.704. The highest BCUT2D eigenvalue weighted by molar-refractivity contribution is 5.26. The van der Waals surface area contributed by atoms with Crippen LogP contribution in [0.4, 0.5) is 4.39 Å². The molecule has 1 aromatic carbocycles. The predicted molar refractivity (Wildman–Crippen MR) is 53.1 cm³/mol. The zero-order valence-corrected chi connectivity index (χ0v) is 8.23. The molecule has 72 valence electrons. The molecular formula is C11H16FN. The highest BCUT2D eigenvalue weighted by Crippen LogP contribution is 2.09. The molecule has 0 saturated carbocycles. The molecule has 1 nitrogen and oxygen atoms in total. The van der Waals surface area contributed by atoms with Crippen LogP contribution in [0.5, 0.6) is 0 Å².